The Labute approximate surface area is 183 Å². The van der Waals surface area contributed by atoms with Crippen molar-refractivity contribution in [2.45, 2.75) is 37.2 Å². The first-order valence-electron chi connectivity index (χ1n) is 11.1. The van der Waals surface area contributed by atoms with Gasteiger partial charge >= 0.3 is 0 Å². The van der Waals surface area contributed by atoms with Gasteiger partial charge in [0.2, 0.25) is 0 Å². The summed E-state index contributed by atoms with van der Waals surface area (Å²) in [4.78, 5) is 2.39. The average molecular weight is 418 g/mol. The highest BCUT2D eigenvalue weighted by Gasteiger charge is 2.51. The highest BCUT2D eigenvalue weighted by Crippen LogP contribution is 2.51. The summed E-state index contributed by atoms with van der Waals surface area (Å²) >= 11 is 0. The minimum Gasteiger partial charge on any atom is -0.508 e. The molecule has 0 unspecified atom stereocenters. The van der Waals surface area contributed by atoms with Crippen molar-refractivity contribution >= 4 is 0 Å². The molecule has 0 bridgehead atoms. The third-order valence-electron chi connectivity index (χ3n) is 7.04. The summed E-state index contributed by atoms with van der Waals surface area (Å²) in [7, 11) is 0. The topological polar surface area (TPSA) is 32.7 Å². The first-order valence-corrected chi connectivity index (χ1v) is 11.1. The zero-order valence-corrected chi connectivity index (χ0v) is 17.6. The van der Waals surface area contributed by atoms with Crippen molar-refractivity contribution in [3.63, 3.8) is 0 Å². The summed E-state index contributed by atoms with van der Waals surface area (Å²) in [6.45, 7) is 2.58. The quantitative estimate of drug-likeness (QED) is 0.605. The number of benzene rings is 3. The van der Waals surface area contributed by atoms with Gasteiger partial charge < -0.3 is 9.84 Å². The van der Waals surface area contributed by atoms with Crippen LogP contribution in [0.1, 0.15) is 29.5 Å². The highest BCUT2D eigenvalue weighted by molar-refractivity contribution is 5.49. The SMILES string of the molecule is Oc1ccc2c(c1)[C@]1(CCc3ccccc3)CCN(CCc3ccccc3F)C[C@@H]1O2. The first kappa shape index (κ1) is 20.1. The number of phenols is 1. The minimum absolute atomic E-state index is 0.0439. The number of piperidine rings is 1. The molecular formula is C27H28FNO2. The van der Waals surface area contributed by atoms with Gasteiger partial charge in [-0.05, 0) is 67.6 Å². The molecule has 3 aromatic rings. The lowest BCUT2D eigenvalue weighted by molar-refractivity contribution is 0.0387. The van der Waals surface area contributed by atoms with E-state index in [9.17, 15) is 9.50 Å². The summed E-state index contributed by atoms with van der Waals surface area (Å²) in [5.41, 5.74) is 3.13. The number of rotatable bonds is 6. The molecule has 1 saturated heterocycles. The van der Waals surface area contributed by atoms with Gasteiger partial charge in [-0.3, -0.25) is 4.90 Å². The van der Waals surface area contributed by atoms with Gasteiger partial charge in [0.1, 0.15) is 23.4 Å². The van der Waals surface area contributed by atoms with Gasteiger partial charge in [0.25, 0.3) is 0 Å². The van der Waals surface area contributed by atoms with Crippen LogP contribution in [0.4, 0.5) is 4.39 Å². The second-order valence-electron chi connectivity index (χ2n) is 8.82. The molecule has 2 atom stereocenters. The number of aromatic hydroxyl groups is 1. The summed E-state index contributed by atoms with van der Waals surface area (Å²) in [5.74, 6) is 1.06. The van der Waals surface area contributed by atoms with E-state index in [4.69, 9.17) is 4.74 Å². The average Bonchev–Trinajstić information content (AvgIpc) is 3.11. The Kier molecular flexibility index (Phi) is 5.41. The number of nitrogens with zero attached hydrogens (tertiary/aromatic N) is 1. The highest BCUT2D eigenvalue weighted by atomic mass is 19.1. The molecule has 3 nitrogen and oxygen atoms in total. The second-order valence-corrected chi connectivity index (χ2v) is 8.82. The zero-order valence-electron chi connectivity index (χ0n) is 17.6. The monoisotopic (exact) mass is 417 g/mol. The first-order chi connectivity index (χ1) is 15.1. The van der Waals surface area contributed by atoms with Crippen molar-refractivity contribution in [1.82, 2.24) is 4.90 Å². The summed E-state index contributed by atoms with van der Waals surface area (Å²) in [5, 5.41) is 10.2. The molecule has 160 valence electrons. The normalized spacial score (nSPS) is 22.5. The van der Waals surface area contributed by atoms with Gasteiger partial charge in [0, 0.05) is 24.1 Å². The van der Waals surface area contributed by atoms with E-state index in [0.29, 0.717) is 12.2 Å². The number of phenolic OH excluding ortho intramolecular Hbond substituents is 1. The van der Waals surface area contributed by atoms with Crippen molar-refractivity contribution in [2.75, 3.05) is 19.6 Å². The van der Waals surface area contributed by atoms with Crippen LogP contribution < -0.4 is 4.74 Å². The van der Waals surface area contributed by atoms with E-state index in [1.165, 1.54) is 11.6 Å². The molecule has 1 fully saturated rings. The van der Waals surface area contributed by atoms with E-state index < -0.39 is 0 Å². The molecule has 3 aromatic carbocycles. The van der Waals surface area contributed by atoms with E-state index >= 15 is 0 Å². The maximum absolute atomic E-state index is 14.0. The Morgan fingerprint density at radius 1 is 1.00 bits per heavy atom. The summed E-state index contributed by atoms with van der Waals surface area (Å²) in [6, 6.07) is 23.1. The predicted molar refractivity (Wildman–Crippen MR) is 120 cm³/mol. The minimum atomic E-state index is -0.128. The molecular weight excluding hydrogens is 389 g/mol. The molecule has 0 aliphatic carbocycles. The Morgan fingerprint density at radius 3 is 2.65 bits per heavy atom. The van der Waals surface area contributed by atoms with Gasteiger partial charge in [0.05, 0.1) is 0 Å². The molecule has 2 heterocycles. The number of halogens is 1. The van der Waals surface area contributed by atoms with Gasteiger partial charge in [-0.15, -0.1) is 0 Å². The van der Waals surface area contributed by atoms with Crippen LogP contribution in [0.3, 0.4) is 0 Å². The van der Waals surface area contributed by atoms with E-state index in [-0.39, 0.29) is 17.3 Å². The van der Waals surface area contributed by atoms with E-state index in [0.717, 1.165) is 55.8 Å². The smallest absolute Gasteiger partial charge is 0.126 e. The second kappa shape index (κ2) is 8.35. The standard InChI is InChI=1S/C27H28FNO2/c28-24-9-5-4-8-21(24)13-16-29-17-15-27(14-12-20-6-2-1-3-7-20)23-18-22(30)10-11-25(23)31-26(27)19-29/h1-11,18,26,30H,12-17,19H2/t26-,27-/m0/s1. The van der Waals surface area contributed by atoms with Crippen LogP contribution in [-0.4, -0.2) is 35.7 Å². The number of likely N-dealkylation sites (tertiary alicyclic amines) is 1. The molecule has 1 N–H and O–H groups in total. The lowest BCUT2D eigenvalue weighted by atomic mass is 9.68. The van der Waals surface area contributed by atoms with Crippen LogP contribution in [0.2, 0.25) is 0 Å². The fourth-order valence-electron chi connectivity index (χ4n) is 5.26. The lowest BCUT2D eigenvalue weighted by Crippen LogP contribution is -2.53. The predicted octanol–water partition coefficient (Wildman–Crippen LogP) is 5.11. The fraction of sp³-hybridized carbons (Fsp3) is 0.333. The zero-order chi connectivity index (χ0) is 21.3. The Balaban J connectivity index is 1.35. The number of ether oxygens (including phenoxy) is 1. The maximum atomic E-state index is 14.0. The fourth-order valence-corrected chi connectivity index (χ4v) is 5.26. The van der Waals surface area contributed by atoms with Crippen LogP contribution in [0.5, 0.6) is 11.5 Å². The molecule has 5 rings (SSSR count). The summed E-state index contributed by atoms with van der Waals surface area (Å²) in [6.07, 6.45) is 3.68. The van der Waals surface area contributed by atoms with Crippen molar-refractivity contribution < 1.29 is 14.2 Å². The van der Waals surface area contributed by atoms with Crippen molar-refractivity contribution in [2.24, 2.45) is 0 Å². The molecule has 2 aliphatic heterocycles. The number of fused-ring (bicyclic) bond motifs is 3. The molecule has 2 aliphatic rings. The van der Waals surface area contributed by atoms with Crippen LogP contribution >= 0.6 is 0 Å². The Bertz CT molecular complexity index is 1050. The number of hydrogen-bond donors (Lipinski definition) is 1. The van der Waals surface area contributed by atoms with Crippen LogP contribution in [0.25, 0.3) is 0 Å². The largest absolute Gasteiger partial charge is 0.508 e. The molecule has 0 aromatic heterocycles. The van der Waals surface area contributed by atoms with E-state index in [1.54, 1.807) is 12.1 Å². The maximum Gasteiger partial charge on any atom is 0.126 e. The molecule has 31 heavy (non-hydrogen) atoms. The van der Waals surface area contributed by atoms with Gasteiger partial charge in [0.15, 0.2) is 0 Å². The van der Waals surface area contributed by atoms with Crippen molar-refractivity contribution in [3.05, 3.63) is 95.3 Å². The Morgan fingerprint density at radius 2 is 1.81 bits per heavy atom. The van der Waals surface area contributed by atoms with Crippen LogP contribution in [-0.2, 0) is 18.3 Å². The van der Waals surface area contributed by atoms with Gasteiger partial charge in [-0.2, -0.15) is 0 Å². The van der Waals surface area contributed by atoms with Gasteiger partial charge in [-0.25, -0.2) is 4.39 Å². The van der Waals surface area contributed by atoms with E-state index in [1.807, 2.05) is 30.3 Å². The number of hydrogen-bond acceptors (Lipinski definition) is 3. The third kappa shape index (κ3) is 3.92. The molecule has 0 saturated carbocycles. The van der Waals surface area contributed by atoms with Crippen LogP contribution in [0.15, 0.2) is 72.8 Å². The van der Waals surface area contributed by atoms with Gasteiger partial charge in [-0.1, -0.05) is 48.5 Å². The molecule has 0 spiro atoms. The lowest BCUT2D eigenvalue weighted by Gasteiger charge is -2.43. The molecule has 0 amide bonds. The van der Waals surface area contributed by atoms with Crippen molar-refractivity contribution in [1.29, 1.82) is 0 Å². The van der Waals surface area contributed by atoms with E-state index in [2.05, 4.69) is 29.2 Å². The van der Waals surface area contributed by atoms with Crippen molar-refractivity contribution in [3.8, 4) is 11.5 Å². The Hall–Kier alpha value is -2.85. The molecule has 0 radical (unpaired) electrons. The third-order valence-corrected chi connectivity index (χ3v) is 7.04. The molecule has 4 heteroatoms. The summed E-state index contributed by atoms with van der Waals surface area (Å²) < 4.78 is 20.5. The number of aryl methyl sites for hydroxylation is 1. The van der Waals surface area contributed by atoms with Crippen LogP contribution in [0, 0.1) is 5.82 Å².